The summed E-state index contributed by atoms with van der Waals surface area (Å²) in [5.41, 5.74) is 1.39. The Balaban J connectivity index is 1.71. The predicted molar refractivity (Wildman–Crippen MR) is 101 cm³/mol. The molecule has 7 nitrogen and oxygen atoms in total. The van der Waals surface area contributed by atoms with E-state index in [1.807, 2.05) is 0 Å². The Hall–Kier alpha value is -3.20. The van der Waals surface area contributed by atoms with Crippen molar-refractivity contribution >= 4 is 39.9 Å². The number of carbonyl (C=O) groups excluding carboxylic acids is 2. The van der Waals surface area contributed by atoms with Crippen LogP contribution in [0.3, 0.4) is 0 Å². The van der Waals surface area contributed by atoms with Gasteiger partial charge in [0.2, 0.25) is 0 Å². The minimum absolute atomic E-state index is 0.0156. The van der Waals surface area contributed by atoms with Gasteiger partial charge >= 0.3 is 12.0 Å². The highest BCUT2D eigenvalue weighted by Crippen LogP contribution is 2.28. The lowest BCUT2D eigenvalue weighted by Crippen LogP contribution is -2.35. The highest BCUT2D eigenvalue weighted by Gasteiger charge is 2.34. The number of carboxylic acids is 1. The molecule has 144 valence electrons. The third-order valence-electron chi connectivity index (χ3n) is 3.83. The van der Waals surface area contributed by atoms with Crippen molar-refractivity contribution in [3.8, 4) is 5.75 Å². The van der Waals surface area contributed by atoms with E-state index in [1.54, 1.807) is 30.3 Å². The summed E-state index contributed by atoms with van der Waals surface area (Å²) in [5, 5.41) is 11.1. The van der Waals surface area contributed by atoms with E-state index in [2.05, 4.69) is 21.2 Å². The number of rotatable bonds is 6. The number of nitrogens with one attached hydrogen (secondary N) is 1. The van der Waals surface area contributed by atoms with E-state index in [9.17, 15) is 18.8 Å². The van der Waals surface area contributed by atoms with Crippen LogP contribution in [-0.4, -0.2) is 34.5 Å². The van der Waals surface area contributed by atoms with E-state index in [1.165, 1.54) is 18.2 Å². The number of carboxylic acid groups (broad SMARTS) is 1. The third kappa shape index (κ3) is 4.55. The Morgan fingerprint density at radius 2 is 1.93 bits per heavy atom. The fourth-order valence-electron chi connectivity index (χ4n) is 2.48. The zero-order valence-corrected chi connectivity index (χ0v) is 15.9. The molecule has 2 N–H and O–H groups in total. The summed E-state index contributed by atoms with van der Waals surface area (Å²) in [7, 11) is 0. The van der Waals surface area contributed by atoms with Gasteiger partial charge in [0.05, 0.1) is 4.47 Å². The number of halogens is 2. The van der Waals surface area contributed by atoms with Crippen LogP contribution < -0.4 is 10.1 Å². The predicted octanol–water partition coefficient (Wildman–Crippen LogP) is 3.14. The van der Waals surface area contributed by atoms with Gasteiger partial charge in [-0.15, -0.1) is 0 Å². The number of benzene rings is 2. The molecule has 9 heteroatoms. The van der Waals surface area contributed by atoms with Crippen molar-refractivity contribution in [2.24, 2.45) is 0 Å². The summed E-state index contributed by atoms with van der Waals surface area (Å²) in [4.78, 5) is 35.2. The van der Waals surface area contributed by atoms with E-state index in [4.69, 9.17) is 9.84 Å². The van der Waals surface area contributed by atoms with Gasteiger partial charge in [-0.05, 0) is 57.4 Å². The van der Waals surface area contributed by atoms with Crippen LogP contribution in [0.25, 0.3) is 6.08 Å². The second-order valence-electron chi connectivity index (χ2n) is 5.88. The first kappa shape index (κ1) is 19.6. The first-order chi connectivity index (χ1) is 13.3. The largest absolute Gasteiger partial charge is 0.488 e. The van der Waals surface area contributed by atoms with E-state index in [0.29, 0.717) is 20.7 Å². The molecule has 1 heterocycles. The van der Waals surface area contributed by atoms with E-state index in [-0.39, 0.29) is 18.1 Å². The molecule has 0 saturated carbocycles. The van der Waals surface area contributed by atoms with Crippen LogP contribution in [-0.2, 0) is 16.2 Å². The Labute approximate surface area is 167 Å². The molecule has 1 aliphatic heterocycles. The highest BCUT2D eigenvalue weighted by atomic mass is 79.9. The first-order valence-electron chi connectivity index (χ1n) is 8.06. The van der Waals surface area contributed by atoms with Crippen LogP contribution in [0.1, 0.15) is 11.1 Å². The molecule has 0 unspecified atom stereocenters. The lowest BCUT2D eigenvalue weighted by Gasteiger charge is -2.09. The summed E-state index contributed by atoms with van der Waals surface area (Å²) in [6, 6.07) is 10.2. The van der Waals surface area contributed by atoms with Crippen molar-refractivity contribution < 1.29 is 28.6 Å². The molecule has 0 aromatic heterocycles. The van der Waals surface area contributed by atoms with Crippen LogP contribution in [0.5, 0.6) is 5.75 Å². The number of hydrogen-bond acceptors (Lipinski definition) is 4. The fraction of sp³-hybridized carbons (Fsp3) is 0.105. The Kier molecular flexibility index (Phi) is 5.74. The van der Waals surface area contributed by atoms with Gasteiger partial charge in [0.15, 0.2) is 0 Å². The van der Waals surface area contributed by atoms with E-state index >= 15 is 0 Å². The van der Waals surface area contributed by atoms with Crippen LogP contribution in [0.4, 0.5) is 9.18 Å². The number of amides is 3. The van der Waals surface area contributed by atoms with Gasteiger partial charge in [-0.2, -0.15) is 0 Å². The maximum absolute atomic E-state index is 12.9. The molecule has 28 heavy (non-hydrogen) atoms. The standard InChI is InChI=1S/C19H14BrFN2O5/c20-14-7-12(8-15-18(26)23(9-17(24)25)19(27)22-15)3-6-16(14)28-10-11-1-4-13(21)5-2-11/h1-8H,9-10H2,(H,22,27)(H,24,25)/b15-8+. The third-order valence-corrected chi connectivity index (χ3v) is 4.45. The van der Waals surface area contributed by atoms with Gasteiger partial charge in [-0.1, -0.05) is 18.2 Å². The quantitative estimate of drug-likeness (QED) is 0.522. The summed E-state index contributed by atoms with van der Waals surface area (Å²) in [5.74, 6) is -1.77. The molecule has 3 rings (SSSR count). The van der Waals surface area contributed by atoms with Crippen LogP contribution >= 0.6 is 15.9 Å². The molecule has 0 radical (unpaired) electrons. The maximum atomic E-state index is 12.9. The van der Waals surface area contributed by atoms with Gasteiger partial charge in [-0.25, -0.2) is 14.1 Å². The summed E-state index contributed by atoms with van der Waals surface area (Å²) in [6.07, 6.45) is 1.44. The zero-order valence-electron chi connectivity index (χ0n) is 14.3. The number of imide groups is 1. The summed E-state index contributed by atoms with van der Waals surface area (Å²) in [6.45, 7) is -0.458. The number of nitrogens with zero attached hydrogens (tertiary/aromatic N) is 1. The minimum atomic E-state index is -1.28. The second kappa shape index (κ2) is 8.22. The summed E-state index contributed by atoms with van der Waals surface area (Å²) < 4.78 is 19.2. The molecular formula is C19H14BrFN2O5. The van der Waals surface area contributed by atoms with Gasteiger partial charge in [0, 0.05) is 0 Å². The first-order valence-corrected chi connectivity index (χ1v) is 8.86. The van der Waals surface area contributed by atoms with Gasteiger partial charge in [-0.3, -0.25) is 9.59 Å². The molecular weight excluding hydrogens is 435 g/mol. The van der Waals surface area contributed by atoms with Crippen molar-refractivity contribution in [1.82, 2.24) is 10.2 Å². The molecule has 0 aliphatic carbocycles. The number of hydrogen-bond donors (Lipinski definition) is 2. The van der Waals surface area contributed by atoms with Crippen molar-refractivity contribution in [1.29, 1.82) is 0 Å². The molecule has 2 aromatic rings. The molecule has 2 aromatic carbocycles. The van der Waals surface area contributed by atoms with Crippen LogP contribution in [0.2, 0.25) is 0 Å². The molecule has 0 bridgehead atoms. The normalized spacial score (nSPS) is 15.1. The average molecular weight is 449 g/mol. The van der Waals surface area contributed by atoms with Crippen molar-refractivity contribution in [2.45, 2.75) is 6.61 Å². The average Bonchev–Trinajstić information content (AvgIpc) is 2.89. The van der Waals surface area contributed by atoms with Gasteiger partial charge in [0.1, 0.15) is 30.4 Å². The molecule has 3 amide bonds. The Morgan fingerprint density at radius 3 is 2.57 bits per heavy atom. The van der Waals surface area contributed by atoms with Crippen molar-refractivity contribution in [3.63, 3.8) is 0 Å². The lowest BCUT2D eigenvalue weighted by molar-refractivity contribution is -0.140. The van der Waals surface area contributed by atoms with Gasteiger partial charge < -0.3 is 15.2 Å². The molecule has 0 spiro atoms. The monoisotopic (exact) mass is 448 g/mol. The molecule has 1 aliphatic rings. The topological polar surface area (TPSA) is 95.9 Å². The molecule has 0 atom stereocenters. The van der Waals surface area contributed by atoms with Crippen molar-refractivity contribution in [2.75, 3.05) is 6.54 Å². The van der Waals surface area contributed by atoms with E-state index < -0.39 is 24.5 Å². The Bertz CT molecular complexity index is 975. The highest BCUT2D eigenvalue weighted by molar-refractivity contribution is 9.10. The maximum Gasteiger partial charge on any atom is 0.329 e. The SMILES string of the molecule is O=C(O)CN1C(=O)N/C(=C/c2ccc(OCc3ccc(F)cc3)c(Br)c2)C1=O. The van der Waals surface area contributed by atoms with Crippen LogP contribution in [0, 0.1) is 5.82 Å². The zero-order chi connectivity index (χ0) is 20.3. The van der Waals surface area contributed by atoms with Crippen molar-refractivity contribution in [3.05, 3.63) is 69.6 Å². The number of ether oxygens (including phenoxy) is 1. The summed E-state index contributed by atoms with van der Waals surface area (Å²) >= 11 is 3.38. The minimum Gasteiger partial charge on any atom is -0.488 e. The number of carbonyl (C=O) groups is 3. The molecule has 1 fully saturated rings. The Morgan fingerprint density at radius 1 is 1.21 bits per heavy atom. The van der Waals surface area contributed by atoms with Gasteiger partial charge in [0.25, 0.3) is 5.91 Å². The fourth-order valence-corrected chi connectivity index (χ4v) is 2.99. The number of urea groups is 1. The van der Waals surface area contributed by atoms with E-state index in [0.717, 1.165) is 5.56 Å². The smallest absolute Gasteiger partial charge is 0.329 e. The van der Waals surface area contributed by atoms with Crippen LogP contribution in [0.15, 0.2) is 52.6 Å². The second-order valence-corrected chi connectivity index (χ2v) is 6.73. The molecule has 1 saturated heterocycles. The lowest BCUT2D eigenvalue weighted by atomic mass is 10.2. The number of aliphatic carboxylic acids is 1.